The highest BCUT2D eigenvalue weighted by Gasteiger charge is 2.28. The third kappa shape index (κ3) is 15.6. The topological polar surface area (TPSA) is 48.9 Å². The van der Waals surface area contributed by atoms with E-state index in [4.69, 9.17) is 4.74 Å². The lowest BCUT2D eigenvalue weighted by Crippen LogP contribution is -2.42. The molecule has 0 saturated heterocycles. The number of likely N-dealkylation sites (N-methyl/N-ethyl adjacent to an activating group) is 1. The van der Waals surface area contributed by atoms with Crippen molar-refractivity contribution in [3.8, 4) is 0 Å². The Labute approximate surface area is 137 Å². The zero-order chi connectivity index (χ0) is 17.6. The van der Waals surface area contributed by atoms with E-state index < -0.39 is 12.7 Å². The second kappa shape index (κ2) is 13.4. The molecule has 0 radical (unpaired) electrons. The minimum absolute atomic E-state index is 0.296. The number of ether oxygens (including phenoxy) is 1. The summed E-state index contributed by atoms with van der Waals surface area (Å²) in [5.41, 5.74) is 0. The lowest BCUT2D eigenvalue weighted by atomic mass is 10.4. The van der Waals surface area contributed by atoms with Crippen LogP contribution in [0.15, 0.2) is 4.99 Å². The molecule has 138 valence electrons. The fourth-order valence-electron chi connectivity index (χ4n) is 1.80. The molecule has 0 fully saturated rings. The van der Waals surface area contributed by atoms with E-state index in [2.05, 4.69) is 22.5 Å². The number of rotatable bonds is 12. The first-order chi connectivity index (χ1) is 10.9. The minimum atomic E-state index is -4.16. The van der Waals surface area contributed by atoms with Gasteiger partial charge in [-0.2, -0.15) is 13.2 Å². The van der Waals surface area contributed by atoms with Crippen LogP contribution in [0.4, 0.5) is 13.2 Å². The van der Waals surface area contributed by atoms with Crippen LogP contribution in [0.3, 0.4) is 0 Å². The molecule has 8 heteroatoms. The van der Waals surface area contributed by atoms with Gasteiger partial charge >= 0.3 is 6.18 Å². The first kappa shape index (κ1) is 22.0. The highest BCUT2D eigenvalue weighted by atomic mass is 19.4. The Kier molecular flexibility index (Phi) is 12.8. The molecule has 0 unspecified atom stereocenters. The van der Waals surface area contributed by atoms with E-state index in [-0.39, 0.29) is 0 Å². The summed E-state index contributed by atoms with van der Waals surface area (Å²) in [4.78, 5) is 5.61. The quantitative estimate of drug-likeness (QED) is 0.325. The molecule has 0 bridgehead atoms. The summed E-state index contributed by atoms with van der Waals surface area (Å²) in [5.74, 6) is 0.626. The van der Waals surface area contributed by atoms with Gasteiger partial charge in [-0.1, -0.05) is 13.3 Å². The van der Waals surface area contributed by atoms with Gasteiger partial charge in [-0.15, -0.1) is 0 Å². The van der Waals surface area contributed by atoms with Gasteiger partial charge in [0.1, 0.15) is 0 Å². The zero-order valence-electron chi connectivity index (χ0n) is 14.5. The molecule has 0 amide bonds. The van der Waals surface area contributed by atoms with Gasteiger partial charge in [0.05, 0.1) is 6.54 Å². The lowest BCUT2D eigenvalue weighted by Gasteiger charge is -2.19. The number of unbranched alkanes of at least 4 members (excludes halogenated alkanes) is 1. The molecule has 2 N–H and O–H groups in total. The van der Waals surface area contributed by atoms with Gasteiger partial charge in [0.15, 0.2) is 5.96 Å². The van der Waals surface area contributed by atoms with Crippen LogP contribution in [0.5, 0.6) is 0 Å². The highest BCUT2D eigenvalue weighted by Crippen LogP contribution is 2.14. The standard InChI is InChI=1S/C15H31F3N4O/c1-4-6-11-23-12-7-8-20-14(19-5-2)21-9-10-22(3)13-15(16,17)18/h4-13H2,1-3H3,(H2,19,20,21). The number of hydrogen-bond donors (Lipinski definition) is 2. The van der Waals surface area contributed by atoms with Crippen LogP contribution in [0.25, 0.3) is 0 Å². The zero-order valence-corrected chi connectivity index (χ0v) is 14.5. The summed E-state index contributed by atoms with van der Waals surface area (Å²) in [6.45, 7) is 6.65. The first-order valence-electron chi connectivity index (χ1n) is 8.24. The van der Waals surface area contributed by atoms with Crippen molar-refractivity contribution in [3.05, 3.63) is 0 Å². The van der Waals surface area contributed by atoms with Crippen molar-refractivity contribution >= 4 is 5.96 Å². The average molecular weight is 340 g/mol. The molecule has 5 nitrogen and oxygen atoms in total. The molecular formula is C15H31F3N4O. The van der Waals surface area contributed by atoms with E-state index in [9.17, 15) is 13.2 Å². The number of aliphatic imine (C=N–C) groups is 1. The van der Waals surface area contributed by atoms with Crippen molar-refractivity contribution in [3.63, 3.8) is 0 Å². The molecule has 0 spiro atoms. The molecule has 0 aliphatic heterocycles. The molecule has 0 aromatic carbocycles. The number of nitrogens with zero attached hydrogens (tertiary/aromatic N) is 2. The Hall–Kier alpha value is -1.02. The van der Waals surface area contributed by atoms with Gasteiger partial charge in [-0.3, -0.25) is 9.89 Å². The van der Waals surface area contributed by atoms with Crippen molar-refractivity contribution in [1.82, 2.24) is 15.5 Å². The fourth-order valence-corrected chi connectivity index (χ4v) is 1.80. The predicted molar refractivity (Wildman–Crippen MR) is 87.9 cm³/mol. The average Bonchev–Trinajstić information content (AvgIpc) is 2.44. The molecule has 23 heavy (non-hydrogen) atoms. The van der Waals surface area contributed by atoms with Gasteiger partial charge < -0.3 is 15.4 Å². The van der Waals surface area contributed by atoms with Crippen molar-refractivity contribution in [2.75, 3.05) is 53.0 Å². The monoisotopic (exact) mass is 340 g/mol. The minimum Gasteiger partial charge on any atom is -0.381 e. The summed E-state index contributed by atoms with van der Waals surface area (Å²) in [6.07, 6.45) is -1.15. The number of halogens is 3. The number of nitrogens with one attached hydrogen (secondary N) is 2. The summed E-state index contributed by atoms with van der Waals surface area (Å²) >= 11 is 0. The molecule has 0 heterocycles. The Bertz CT molecular complexity index is 312. The molecule has 0 aromatic rings. The smallest absolute Gasteiger partial charge is 0.381 e. The number of guanidine groups is 1. The molecule has 0 aliphatic carbocycles. The van der Waals surface area contributed by atoms with Crippen molar-refractivity contribution in [2.45, 2.75) is 39.3 Å². The van der Waals surface area contributed by atoms with Gasteiger partial charge in [0.25, 0.3) is 0 Å². The molecule has 0 atom stereocenters. The molecule has 0 aromatic heterocycles. The maximum atomic E-state index is 12.2. The fraction of sp³-hybridized carbons (Fsp3) is 0.933. The van der Waals surface area contributed by atoms with E-state index in [0.29, 0.717) is 38.7 Å². The van der Waals surface area contributed by atoms with Gasteiger partial charge in [0.2, 0.25) is 0 Å². The van der Waals surface area contributed by atoms with E-state index in [1.807, 2.05) is 6.92 Å². The summed E-state index contributed by atoms with van der Waals surface area (Å²) < 4.78 is 42.1. The maximum absolute atomic E-state index is 12.2. The largest absolute Gasteiger partial charge is 0.401 e. The molecule has 0 saturated carbocycles. The number of hydrogen-bond acceptors (Lipinski definition) is 3. The third-order valence-electron chi connectivity index (χ3n) is 2.94. The van der Waals surface area contributed by atoms with Crippen molar-refractivity contribution < 1.29 is 17.9 Å². The Morgan fingerprint density at radius 1 is 1.13 bits per heavy atom. The van der Waals surface area contributed by atoms with Crippen molar-refractivity contribution in [2.24, 2.45) is 4.99 Å². The van der Waals surface area contributed by atoms with E-state index in [0.717, 1.165) is 25.9 Å². The highest BCUT2D eigenvalue weighted by molar-refractivity contribution is 5.79. The summed E-state index contributed by atoms with van der Waals surface area (Å²) in [6, 6.07) is 0. The summed E-state index contributed by atoms with van der Waals surface area (Å²) in [7, 11) is 1.45. The normalized spacial score (nSPS) is 12.7. The second-order valence-electron chi connectivity index (χ2n) is 5.36. The SMILES string of the molecule is CCCCOCCCN=C(NCC)NCCN(C)CC(F)(F)F. The van der Waals surface area contributed by atoms with E-state index >= 15 is 0 Å². The molecular weight excluding hydrogens is 309 g/mol. The first-order valence-corrected chi connectivity index (χ1v) is 8.24. The molecule has 0 rings (SSSR count). The Morgan fingerprint density at radius 3 is 2.43 bits per heavy atom. The Balaban J connectivity index is 3.89. The number of alkyl halides is 3. The van der Waals surface area contributed by atoms with Crippen LogP contribution in [0.1, 0.15) is 33.1 Å². The lowest BCUT2D eigenvalue weighted by molar-refractivity contribution is -0.142. The van der Waals surface area contributed by atoms with Gasteiger partial charge in [0, 0.05) is 39.4 Å². The van der Waals surface area contributed by atoms with E-state index in [1.165, 1.54) is 11.9 Å². The van der Waals surface area contributed by atoms with Crippen LogP contribution in [-0.2, 0) is 4.74 Å². The van der Waals surface area contributed by atoms with Crippen LogP contribution >= 0.6 is 0 Å². The van der Waals surface area contributed by atoms with Crippen LogP contribution in [0, 0.1) is 0 Å². The van der Waals surface area contributed by atoms with Gasteiger partial charge in [-0.05, 0) is 26.8 Å². The maximum Gasteiger partial charge on any atom is 0.401 e. The van der Waals surface area contributed by atoms with Gasteiger partial charge in [-0.25, -0.2) is 0 Å². The van der Waals surface area contributed by atoms with Crippen LogP contribution in [0.2, 0.25) is 0 Å². The van der Waals surface area contributed by atoms with Crippen LogP contribution < -0.4 is 10.6 Å². The summed E-state index contributed by atoms with van der Waals surface area (Å²) in [5, 5.41) is 6.11. The van der Waals surface area contributed by atoms with Crippen LogP contribution in [-0.4, -0.2) is 70.0 Å². The Morgan fingerprint density at radius 2 is 1.83 bits per heavy atom. The second-order valence-corrected chi connectivity index (χ2v) is 5.36. The van der Waals surface area contributed by atoms with Crippen molar-refractivity contribution in [1.29, 1.82) is 0 Å². The van der Waals surface area contributed by atoms with E-state index in [1.54, 1.807) is 0 Å². The predicted octanol–water partition coefficient (Wildman–Crippen LogP) is 2.24. The third-order valence-corrected chi connectivity index (χ3v) is 2.94. The molecule has 0 aliphatic rings.